The second-order valence-corrected chi connectivity index (χ2v) is 2.34. The van der Waals surface area contributed by atoms with Crippen molar-refractivity contribution in [2.45, 2.75) is 6.42 Å². The summed E-state index contributed by atoms with van der Waals surface area (Å²) in [6.45, 7) is 1.06. The fourth-order valence-electron chi connectivity index (χ4n) is 0.914. The summed E-state index contributed by atoms with van der Waals surface area (Å²) >= 11 is 0. The Morgan fingerprint density at radius 1 is 1.18 bits per heavy atom. The molecule has 0 saturated heterocycles. The minimum absolute atomic E-state index is 0. The van der Waals surface area contributed by atoms with Crippen LogP contribution in [0.3, 0.4) is 0 Å². The van der Waals surface area contributed by atoms with Gasteiger partial charge < -0.3 is 5.32 Å². The highest BCUT2D eigenvalue weighted by atomic mass is 127. The minimum Gasteiger partial charge on any atom is -0.319 e. The van der Waals surface area contributed by atoms with Gasteiger partial charge in [-0.2, -0.15) is 0 Å². The lowest BCUT2D eigenvalue weighted by Gasteiger charge is -1.97. The number of hydrogen-bond donors (Lipinski definition) is 1. The van der Waals surface area contributed by atoms with E-state index in [9.17, 15) is 0 Å². The molecule has 0 aliphatic heterocycles. The largest absolute Gasteiger partial charge is 0.319 e. The fourth-order valence-corrected chi connectivity index (χ4v) is 0.914. The summed E-state index contributed by atoms with van der Waals surface area (Å²) < 4.78 is 0. The van der Waals surface area contributed by atoms with Crippen LogP contribution in [-0.4, -0.2) is 13.6 Å². The van der Waals surface area contributed by atoms with Crippen LogP contribution in [0.25, 0.3) is 0 Å². The van der Waals surface area contributed by atoms with E-state index in [4.69, 9.17) is 0 Å². The molecule has 0 radical (unpaired) electrons. The summed E-state index contributed by atoms with van der Waals surface area (Å²) in [6, 6.07) is 10.5. The first-order valence-electron chi connectivity index (χ1n) is 3.62. The van der Waals surface area contributed by atoms with Crippen LogP contribution in [-0.2, 0) is 6.42 Å². The van der Waals surface area contributed by atoms with Gasteiger partial charge in [-0.15, -0.1) is 24.0 Å². The summed E-state index contributed by atoms with van der Waals surface area (Å²) in [5.41, 5.74) is 1.40. The molecule has 0 aliphatic rings. The van der Waals surface area contributed by atoms with Crippen molar-refractivity contribution in [3.63, 3.8) is 0 Å². The van der Waals surface area contributed by atoms with E-state index in [1.54, 1.807) is 0 Å². The van der Waals surface area contributed by atoms with Crippen LogP contribution in [0.4, 0.5) is 0 Å². The molecule has 0 spiro atoms. The predicted molar refractivity (Wildman–Crippen MR) is 59.5 cm³/mol. The standard InChI is InChI=1S/C9H13N.HI/c1-10-8-7-9-5-3-2-4-6-9;/h2-6,10H,7-8H2,1H3;1H. The van der Waals surface area contributed by atoms with Gasteiger partial charge in [-0.05, 0) is 25.6 Å². The summed E-state index contributed by atoms with van der Waals surface area (Å²) in [7, 11) is 1.98. The Bertz CT molecular complexity index is 174. The molecule has 2 heteroatoms. The highest BCUT2D eigenvalue weighted by molar-refractivity contribution is 14.0. The third-order valence-electron chi connectivity index (χ3n) is 1.51. The average molecular weight is 263 g/mol. The van der Waals surface area contributed by atoms with Gasteiger partial charge in [0.05, 0.1) is 0 Å². The Kier molecular flexibility index (Phi) is 6.56. The van der Waals surface area contributed by atoms with Crippen molar-refractivity contribution in [3.05, 3.63) is 35.9 Å². The number of likely N-dealkylation sites (N-methyl/N-ethyl adjacent to an activating group) is 1. The Balaban J connectivity index is 0.000001000. The Morgan fingerprint density at radius 3 is 2.36 bits per heavy atom. The quantitative estimate of drug-likeness (QED) is 0.823. The number of nitrogens with one attached hydrogen (secondary N) is 1. The van der Waals surface area contributed by atoms with Crippen molar-refractivity contribution >= 4 is 24.0 Å². The fraction of sp³-hybridized carbons (Fsp3) is 0.333. The molecule has 0 atom stereocenters. The summed E-state index contributed by atoms with van der Waals surface area (Å²) in [5.74, 6) is 0. The van der Waals surface area contributed by atoms with Crippen LogP contribution in [0.15, 0.2) is 30.3 Å². The molecule has 0 bridgehead atoms. The predicted octanol–water partition coefficient (Wildman–Crippen LogP) is 2.07. The monoisotopic (exact) mass is 263 g/mol. The molecule has 1 nitrogen and oxygen atoms in total. The highest BCUT2D eigenvalue weighted by Crippen LogP contribution is 1.97. The maximum absolute atomic E-state index is 3.12. The van der Waals surface area contributed by atoms with E-state index < -0.39 is 0 Å². The molecule has 0 unspecified atom stereocenters. The van der Waals surface area contributed by atoms with Gasteiger partial charge in [0.15, 0.2) is 0 Å². The summed E-state index contributed by atoms with van der Waals surface area (Å²) in [6.07, 6.45) is 1.12. The van der Waals surface area contributed by atoms with Crippen molar-refractivity contribution in [3.8, 4) is 0 Å². The maximum atomic E-state index is 3.12. The Hall–Kier alpha value is -0.0900. The zero-order valence-electron chi connectivity index (χ0n) is 6.71. The van der Waals surface area contributed by atoms with Gasteiger partial charge in [0, 0.05) is 0 Å². The van der Waals surface area contributed by atoms with Crippen molar-refractivity contribution in [2.75, 3.05) is 13.6 Å². The van der Waals surface area contributed by atoms with Crippen LogP contribution in [0.5, 0.6) is 0 Å². The zero-order valence-corrected chi connectivity index (χ0v) is 9.04. The molecule has 1 rings (SSSR count). The van der Waals surface area contributed by atoms with E-state index in [-0.39, 0.29) is 24.0 Å². The van der Waals surface area contributed by atoms with E-state index in [2.05, 4.69) is 29.6 Å². The number of rotatable bonds is 3. The molecule has 0 aromatic heterocycles. The second-order valence-electron chi connectivity index (χ2n) is 2.34. The lowest BCUT2D eigenvalue weighted by atomic mass is 10.2. The molecule has 0 amide bonds. The van der Waals surface area contributed by atoms with Crippen LogP contribution >= 0.6 is 24.0 Å². The second kappa shape index (κ2) is 6.61. The SMILES string of the molecule is CNCCc1ccccc1.I. The molecule has 0 heterocycles. The first kappa shape index (κ1) is 10.9. The van der Waals surface area contributed by atoms with Gasteiger partial charge in [-0.1, -0.05) is 30.3 Å². The van der Waals surface area contributed by atoms with Crippen LogP contribution in [0.2, 0.25) is 0 Å². The Morgan fingerprint density at radius 2 is 1.82 bits per heavy atom. The minimum atomic E-state index is 0. The summed E-state index contributed by atoms with van der Waals surface area (Å²) in [5, 5.41) is 3.12. The Labute approximate surface area is 85.2 Å². The topological polar surface area (TPSA) is 12.0 Å². The normalized spacial score (nSPS) is 8.82. The van der Waals surface area contributed by atoms with E-state index in [0.717, 1.165) is 13.0 Å². The van der Waals surface area contributed by atoms with Gasteiger partial charge in [0.2, 0.25) is 0 Å². The zero-order chi connectivity index (χ0) is 7.23. The van der Waals surface area contributed by atoms with Crippen molar-refractivity contribution in [1.82, 2.24) is 5.32 Å². The third kappa shape index (κ3) is 4.37. The molecule has 1 aromatic carbocycles. The van der Waals surface area contributed by atoms with E-state index in [1.807, 2.05) is 13.1 Å². The molecule has 1 aromatic rings. The smallest absolute Gasteiger partial charge is 0.00114 e. The third-order valence-corrected chi connectivity index (χ3v) is 1.51. The molecular weight excluding hydrogens is 249 g/mol. The first-order valence-corrected chi connectivity index (χ1v) is 3.62. The van der Waals surface area contributed by atoms with Gasteiger partial charge >= 0.3 is 0 Å². The van der Waals surface area contributed by atoms with Crippen LogP contribution in [0.1, 0.15) is 5.56 Å². The molecule has 62 valence electrons. The van der Waals surface area contributed by atoms with Crippen LogP contribution < -0.4 is 5.32 Å². The van der Waals surface area contributed by atoms with E-state index >= 15 is 0 Å². The lowest BCUT2D eigenvalue weighted by molar-refractivity contribution is 0.792. The number of benzene rings is 1. The lowest BCUT2D eigenvalue weighted by Crippen LogP contribution is -2.09. The van der Waals surface area contributed by atoms with Crippen molar-refractivity contribution in [1.29, 1.82) is 0 Å². The molecule has 11 heavy (non-hydrogen) atoms. The van der Waals surface area contributed by atoms with Crippen LogP contribution in [0, 0.1) is 0 Å². The van der Waals surface area contributed by atoms with E-state index in [0.29, 0.717) is 0 Å². The van der Waals surface area contributed by atoms with Gasteiger partial charge in [-0.25, -0.2) is 0 Å². The molecule has 1 N–H and O–H groups in total. The van der Waals surface area contributed by atoms with Crippen molar-refractivity contribution in [2.24, 2.45) is 0 Å². The van der Waals surface area contributed by atoms with Gasteiger partial charge in [0.25, 0.3) is 0 Å². The molecular formula is C9H14IN. The number of halogens is 1. The first-order chi connectivity index (χ1) is 4.93. The maximum Gasteiger partial charge on any atom is -0.00114 e. The molecule has 0 fully saturated rings. The molecule has 0 saturated carbocycles. The molecule has 0 aliphatic carbocycles. The highest BCUT2D eigenvalue weighted by Gasteiger charge is 1.86. The van der Waals surface area contributed by atoms with Gasteiger partial charge in [0.1, 0.15) is 0 Å². The summed E-state index contributed by atoms with van der Waals surface area (Å²) in [4.78, 5) is 0. The van der Waals surface area contributed by atoms with Crippen molar-refractivity contribution < 1.29 is 0 Å². The average Bonchev–Trinajstić information content (AvgIpc) is 2.03. The van der Waals surface area contributed by atoms with Gasteiger partial charge in [-0.3, -0.25) is 0 Å². The number of hydrogen-bond acceptors (Lipinski definition) is 1. The van der Waals surface area contributed by atoms with E-state index in [1.165, 1.54) is 5.56 Å².